The van der Waals surface area contributed by atoms with Crippen LogP contribution in [0.3, 0.4) is 0 Å². The average molecular weight is 263 g/mol. The molecule has 0 amide bonds. The number of carboxylic acid groups (broad SMARTS) is 1. The monoisotopic (exact) mass is 263 g/mol. The van der Waals surface area contributed by atoms with E-state index in [1.165, 1.54) is 11.6 Å². The van der Waals surface area contributed by atoms with Crippen LogP contribution < -0.4 is 5.73 Å². The Kier molecular flexibility index (Phi) is 3.32. The maximum atomic E-state index is 11.3. The molecule has 7 heteroatoms. The predicted molar refractivity (Wildman–Crippen MR) is 66.5 cm³/mol. The number of benzene rings is 1. The molecule has 100 valence electrons. The van der Waals surface area contributed by atoms with E-state index in [9.17, 15) is 14.7 Å². The molecule has 7 nitrogen and oxygen atoms in total. The number of aliphatic carboxylic acids is 1. The molecule has 1 unspecified atom stereocenters. The molecule has 0 fully saturated rings. The van der Waals surface area contributed by atoms with E-state index in [0.29, 0.717) is 16.5 Å². The van der Waals surface area contributed by atoms with Crippen LogP contribution in [-0.2, 0) is 11.3 Å². The Labute approximate surface area is 108 Å². The number of nitrogens with zero attached hydrogens (tertiary/aromatic N) is 2. The Balaban J connectivity index is 2.68. The summed E-state index contributed by atoms with van der Waals surface area (Å²) in [5.74, 6) is -1.21. The van der Waals surface area contributed by atoms with Gasteiger partial charge in [-0.2, -0.15) is 5.10 Å². The fourth-order valence-corrected chi connectivity index (χ4v) is 1.89. The maximum absolute atomic E-state index is 11.3. The molecule has 1 heterocycles. The van der Waals surface area contributed by atoms with E-state index >= 15 is 0 Å². The summed E-state index contributed by atoms with van der Waals surface area (Å²) >= 11 is 0. The van der Waals surface area contributed by atoms with Crippen LogP contribution in [0, 0.1) is 0 Å². The van der Waals surface area contributed by atoms with E-state index in [-0.39, 0.29) is 18.0 Å². The van der Waals surface area contributed by atoms with Crippen molar-refractivity contribution in [3.63, 3.8) is 0 Å². The van der Waals surface area contributed by atoms with Crippen molar-refractivity contribution in [3.05, 3.63) is 29.5 Å². The molecule has 19 heavy (non-hydrogen) atoms. The van der Waals surface area contributed by atoms with E-state index in [1.807, 2.05) is 0 Å². The third-order valence-electron chi connectivity index (χ3n) is 2.75. The number of aromatic nitrogens is 2. The normalized spacial score (nSPS) is 12.6. The lowest BCUT2D eigenvalue weighted by atomic mass is 10.1. The quantitative estimate of drug-likeness (QED) is 0.538. The molecule has 0 saturated heterocycles. The van der Waals surface area contributed by atoms with Gasteiger partial charge in [-0.05, 0) is 13.0 Å². The number of rotatable bonds is 4. The number of hydrogen-bond acceptors (Lipinski definition) is 5. The maximum Gasteiger partial charge on any atom is 0.325 e. The Bertz CT molecular complexity index is 660. The van der Waals surface area contributed by atoms with Gasteiger partial charge in [-0.3, -0.25) is 14.3 Å². The smallest absolute Gasteiger partial charge is 0.325 e. The fraction of sp³-hybridized carbons (Fsp3) is 0.250. The van der Waals surface area contributed by atoms with Gasteiger partial charge >= 0.3 is 5.97 Å². The minimum atomic E-state index is -1.30. The van der Waals surface area contributed by atoms with E-state index in [2.05, 4.69) is 5.10 Å². The average Bonchev–Trinajstić information content (AvgIpc) is 2.67. The number of Topliss-reactive ketones (excluding diaryl/α,β-unsaturated/α-hetero) is 1. The van der Waals surface area contributed by atoms with Crippen molar-refractivity contribution in [2.75, 3.05) is 0 Å². The van der Waals surface area contributed by atoms with Crippen LogP contribution in [0.1, 0.15) is 29.2 Å². The lowest BCUT2D eigenvalue weighted by Gasteiger charge is -2.01. The van der Waals surface area contributed by atoms with Gasteiger partial charge in [0.05, 0.1) is 5.52 Å². The van der Waals surface area contributed by atoms with Gasteiger partial charge < -0.3 is 15.9 Å². The highest BCUT2D eigenvalue weighted by atomic mass is 16.4. The molecule has 0 radical (unpaired) electrons. The van der Waals surface area contributed by atoms with Gasteiger partial charge in [-0.1, -0.05) is 12.1 Å². The Morgan fingerprint density at radius 2 is 2.16 bits per heavy atom. The Morgan fingerprint density at radius 1 is 1.47 bits per heavy atom. The van der Waals surface area contributed by atoms with Gasteiger partial charge in [0.25, 0.3) is 0 Å². The van der Waals surface area contributed by atoms with Crippen molar-refractivity contribution in [3.8, 4) is 0 Å². The second-order valence-electron chi connectivity index (χ2n) is 4.17. The molecule has 2 rings (SSSR count). The first-order valence-corrected chi connectivity index (χ1v) is 5.57. The number of carbonyl (C=O) groups is 2. The van der Waals surface area contributed by atoms with Crippen molar-refractivity contribution in [1.82, 2.24) is 9.78 Å². The van der Waals surface area contributed by atoms with Crippen LogP contribution in [-0.4, -0.2) is 31.7 Å². The van der Waals surface area contributed by atoms with E-state index < -0.39 is 12.2 Å². The highest BCUT2D eigenvalue weighted by Gasteiger charge is 2.17. The van der Waals surface area contributed by atoms with Crippen LogP contribution in [0.4, 0.5) is 0 Å². The minimum Gasteiger partial charge on any atom is -0.480 e. The summed E-state index contributed by atoms with van der Waals surface area (Å²) in [6.45, 7) is 1.04. The number of fused-ring (bicyclic) bond motifs is 1. The summed E-state index contributed by atoms with van der Waals surface area (Å²) in [7, 11) is 0. The first kappa shape index (κ1) is 13.2. The molecule has 1 aromatic heterocycles. The molecule has 1 aromatic carbocycles. The van der Waals surface area contributed by atoms with Gasteiger partial charge in [0, 0.05) is 10.9 Å². The molecule has 0 spiro atoms. The van der Waals surface area contributed by atoms with Gasteiger partial charge in [-0.15, -0.1) is 0 Å². The summed E-state index contributed by atoms with van der Waals surface area (Å²) in [4.78, 5) is 22.1. The number of carboxylic acids is 1. The highest BCUT2D eigenvalue weighted by Crippen LogP contribution is 2.23. The third kappa shape index (κ3) is 2.47. The lowest BCUT2D eigenvalue weighted by Crippen LogP contribution is -2.13. The van der Waals surface area contributed by atoms with Crippen LogP contribution in [0.5, 0.6) is 0 Å². The Hall–Kier alpha value is -2.25. The number of nitrogens with two attached hydrogens (primary N) is 1. The number of aliphatic hydroxyl groups is 1. The van der Waals surface area contributed by atoms with Crippen molar-refractivity contribution >= 4 is 22.7 Å². The van der Waals surface area contributed by atoms with Crippen molar-refractivity contribution in [2.45, 2.75) is 19.7 Å². The molecule has 2 aromatic rings. The van der Waals surface area contributed by atoms with Gasteiger partial charge in [0.2, 0.25) is 0 Å². The second-order valence-corrected chi connectivity index (χ2v) is 4.17. The van der Waals surface area contributed by atoms with Crippen LogP contribution in [0.2, 0.25) is 0 Å². The zero-order valence-corrected chi connectivity index (χ0v) is 10.2. The number of ketones is 1. The van der Waals surface area contributed by atoms with Gasteiger partial charge in [0.1, 0.15) is 18.5 Å². The molecule has 0 aliphatic heterocycles. The Morgan fingerprint density at radius 3 is 2.68 bits per heavy atom. The van der Waals surface area contributed by atoms with E-state index in [0.717, 1.165) is 0 Å². The third-order valence-corrected chi connectivity index (χ3v) is 2.75. The standard InChI is InChI=1S/C12H13N3O4/c1-6(16)7-2-3-8-9(4-7)15(5-10(17)18)14-11(8)12(13)19/h2-4,12,19H,5,13H2,1H3,(H,17,18). The van der Waals surface area contributed by atoms with E-state index in [4.69, 9.17) is 10.8 Å². The predicted octanol–water partition coefficient (Wildman–Crippen LogP) is 0.273. The number of hydrogen-bond donors (Lipinski definition) is 3. The molecule has 1 atom stereocenters. The van der Waals surface area contributed by atoms with Gasteiger partial charge in [-0.25, -0.2) is 0 Å². The number of carbonyl (C=O) groups excluding carboxylic acids is 1. The summed E-state index contributed by atoms with van der Waals surface area (Å²) in [6.07, 6.45) is -1.30. The lowest BCUT2D eigenvalue weighted by molar-refractivity contribution is -0.137. The summed E-state index contributed by atoms with van der Waals surface area (Å²) in [5.41, 5.74) is 6.47. The first-order valence-electron chi connectivity index (χ1n) is 5.57. The van der Waals surface area contributed by atoms with Crippen molar-refractivity contribution in [1.29, 1.82) is 0 Å². The van der Waals surface area contributed by atoms with E-state index in [1.54, 1.807) is 18.2 Å². The second kappa shape index (κ2) is 4.79. The first-order chi connectivity index (χ1) is 8.90. The molecule has 4 N–H and O–H groups in total. The molecule has 0 saturated carbocycles. The van der Waals surface area contributed by atoms with Crippen molar-refractivity contribution in [2.24, 2.45) is 5.73 Å². The van der Waals surface area contributed by atoms with Gasteiger partial charge in [0.15, 0.2) is 5.78 Å². The topological polar surface area (TPSA) is 118 Å². The zero-order chi connectivity index (χ0) is 14.2. The largest absolute Gasteiger partial charge is 0.480 e. The molecular weight excluding hydrogens is 250 g/mol. The van der Waals surface area contributed by atoms with Crippen LogP contribution in [0.15, 0.2) is 18.2 Å². The molecular formula is C12H13N3O4. The number of aliphatic hydroxyl groups excluding tert-OH is 1. The highest BCUT2D eigenvalue weighted by molar-refractivity contribution is 5.98. The summed E-state index contributed by atoms with van der Waals surface area (Å²) in [5, 5.41) is 22.8. The minimum absolute atomic E-state index is 0.139. The fourth-order valence-electron chi connectivity index (χ4n) is 1.89. The van der Waals surface area contributed by atoms with Crippen LogP contribution >= 0.6 is 0 Å². The zero-order valence-electron chi connectivity index (χ0n) is 10.2. The van der Waals surface area contributed by atoms with Crippen molar-refractivity contribution < 1.29 is 19.8 Å². The van der Waals surface area contributed by atoms with Crippen LogP contribution in [0.25, 0.3) is 10.9 Å². The summed E-state index contributed by atoms with van der Waals surface area (Å²) in [6, 6.07) is 4.73. The molecule has 0 aliphatic carbocycles. The SMILES string of the molecule is CC(=O)c1ccc2c(C(N)O)nn(CC(=O)O)c2c1. The molecule has 0 aliphatic rings. The summed E-state index contributed by atoms with van der Waals surface area (Å²) < 4.78 is 1.20. The molecule has 0 bridgehead atoms.